The molecule has 0 radical (unpaired) electrons. The minimum absolute atomic E-state index is 0.178. The number of hydrogen-bond acceptors (Lipinski definition) is 13. The van der Waals surface area contributed by atoms with Crippen molar-refractivity contribution in [1.29, 1.82) is 0 Å². The maximum absolute atomic E-state index is 10.7. The highest BCUT2D eigenvalue weighted by molar-refractivity contribution is 6.87. The smallest absolute Gasteiger partial charge is 0.314 e. The summed E-state index contributed by atoms with van der Waals surface area (Å²) in [6.45, 7) is 13.7. The van der Waals surface area contributed by atoms with E-state index in [1.165, 1.54) is 0 Å². The highest BCUT2D eigenvalue weighted by Crippen LogP contribution is 2.30. The predicted molar refractivity (Wildman–Crippen MR) is 142 cm³/mol. The van der Waals surface area contributed by atoms with Crippen LogP contribution in [-0.4, -0.2) is 142 Å². The summed E-state index contributed by atoms with van der Waals surface area (Å²) in [7, 11) is -6.20. The lowest BCUT2D eigenvalue weighted by atomic mass is 9.97. The molecule has 2 fully saturated rings. The van der Waals surface area contributed by atoms with Gasteiger partial charge in [-0.2, -0.15) is 0 Å². The maximum Gasteiger partial charge on any atom is 0.314 e. The van der Waals surface area contributed by atoms with Crippen LogP contribution in [0.2, 0.25) is 51.9 Å². The van der Waals surface area contributed by atoms with Gasteiger partial charge >= 0.3 is 8.56 Å². The molecule has 2 aliphatic heterocycles. The molecular weight excluding hydrogens is 556 g/mol. The second-order valence-electron chi connectivity index (χ2n) is 12.0. The van der Waals surface area contributed by atoms with Gasteiger partial charge in [0.2, 0.25) is 0 Å². The summed E-state index contributed by atoms with van der Waals surface area (Å²) < 4.78 is 35.2. The summed E-state index contributed by atoms with van der Waals surface area (Å²) in [5.41, 5.74) is 0. The molecule has 10 atom stereocenters. The van der Waals surface area contributed by atoms with E-state index in [0.717, 1.165) is 0 Å². The van der Waals surface area contributed by atoms with Gasteiger partial charge in [0.05, 0.1) is 13.2 Å². The molecule has 0 spiro atoms. The molecule has 0 unspecified atom stereocenters. The summed E-state index contributed by atoms with van der Waals surface area (Å²) >= 11 is 0. The van der Waals surface area contributed by atoms with Crippen molar-refractivity contribution in [1.82, 2.24) is 0 Å². The molecule has 226 valence electrons. The molecule has 13 nitrogen and oxygen atoms in total. The molecule has 2 saturated heterocycles. The average Bonchev–Trinajstić information content (AvgIpc) is 2.78. The predicted octanol–water partition coefficient (Wildman–Crippen LogP) is -1.21. The Labute approximate surface area is 227 Å². The third-order valence-electron chi connectivity index (χ3n) is 6.06. The lowest BCUT2D eigenvalue weighted by Gasteiger charge is -2.46. The van der Waals surface area contributed by atoms with E-state index < -0.39 is 99.8 Å². The quantitative estimate of drug-likeness (QED) is 0.0978. The summed E-state index contributed by atoms with van der Waals surface area (Å²) in [6.07, 6.45) is -14.2. The molecule has 38 heavy (non-hydrogen) atoms. The Balaban J connectivity index is 1.98. The second-order valence-corrected chi connectivity index (χ2v) is 24.9. The second kappa shape index (κ2) is 13.9. The minimum Gasteiger partial charge on any atom is -0.437 e. The fraction of sp³-hybridized carbons (Fsp3) is 1.00. The molecule has 2 rings (SSSR count). The fourth-order valence-corrected chi connectivity index (χ4v) is 17.2. The largest absolute Gasteiger partial charge is 0.437 e. The number of hydrogen-bond donors (Lipinski definition) is 7. The van der Waals surface area contributed by atoms with E-state index in [1.54, 1.807) is 0 Å². The fourth-order valence-electron chi connectivity index (χ4n) is 4.70. The molecule has 0 saturated carbocycles. The Morgan fingerprint density at radius 1 is 0.632 bits per heavy atom. The number of rotatable bonds is 13. The third-order valence-corrected chi connectivity index (χ3v) is 15.7. The van der Waals surface area contributed by atoms with Crippen molar-refractivity contribution in [3.63, 3.8) is 0 Å². The summed E-state index contributed by atoms with van der Waals surface area (Å²) in [5, 5.41) is 70.8. The van der Waals surface area contributed by atoms with Gasteiger partial charge in [-0.3, -0.25) is 0 Å². The first kappa shape index (κ1) is 34.3. The van der Waals surface area contributed by atoms with Crippen molar-refractivity contribution in [2.75, 3.05) is 19.8 Å². The Bertz CT molecular complexity index is 702. The Kier molecular flexibility index (Phi) is 12.5. The van der Waals surface area contributed by atoms with Gasteiger partial charge in [0.25, 0.3) is 0 Å². The average molecular weight is 605 g/mol. The van der Waals surface area contributed by atoms with E-state index in [2.05, 4.69) is 45.8 Å². The lowest BCUT2D eigenvalue weighted by Crippen LogP contribution is -2.64. The van der Waals surface area contributed by atoms with E-state index >= 15 is 0 Å². The first-order valence-electron chi connectivity index (χ1n) is 13.0. The summed E-state index contributed by atoms with van der Waals surface area (Å²) in [6, 6.07) is 0.666. The van der Waals surface area contributed by atoms with Gasteiger partial charge in [0, 0.05) is 6.61 Å². The van der Waals surface area contributed by atoms with Crippen LogP contribution in [-0.2, 0) is 27.2 Å². The van der Waals surface area contributed by atoms with E-state index in [0.29, 0.717) is 12.5 Å². The highest BCUT2D eigenvalue weighted by atomic mass is 28.5. The zero-order valence-corrected chi connectivity index (χ0v) is 26.4. The van der Waals surface area contributed by atoms with Gasteiger partial charge in [-0.05, 0) is 58.3 Å². The zero-order chi connectivity index (χ0) is 29.1. The first-order valence-corrected chi connectivity index (χ1v) is 22.4. The van der Waals surface area contributed by atoms with Crippen molar-refractivity contribution in [3.8, 4) is 0 Å². The number of aliphatic hydroxyl groups excluding tert-OH is 7. The van der Waals surface area contributed by atoms with Gasteiger partial charge in [-0.1, -0.05) is 0 Å². The lowest BCUT2D eigenvalue weighted by molar-refractivity contribution is -0.359. The molecule has 16 heteroatoms. The Morgan fingerprint density at radius 2 is 1.13 bits per heavy atom. The molecule has 0 aromatic rings. The van der Waals surface area contributed by atoms with Gasteiger partial charge < -0.3 is 62.9 Å². The van der Waals surface area contributed by atoms with Crippen LogP contribution in [0.25, 0.3) is 0 Å². The standard InChI is InChI=1S/C22H48O13Si3/c1-36(2,3)34-38(7,35-37(4,5)6)10-8-9-30-21-19(29)17(27)20(14(12-24)32-21)33-22-18(28)16(26)15(25)13(11-23)31-22/h13-29H,8-12H2,1-7H3/t13-,14-,15-,16+,17-,18-,19-,20-,21-,22-/m1/s1. The number of ether oxygens (including phenoxy) is 4. The molecule has 0 aliphatic carbocycles. The van der Waals surface area contributed by atoms with E-state index in [4.69, 9.17) is 27.2 Å². The van der Waals surface area contributed by atoms with Crippen molar-refractivity contribution in [2.45, 2.75) is 120 Å². The Hall–Kier alpha value is 0.131. The van der Waals surface area contributed by atoms with Crippen LogP contribution >= 0.6 is 0 Å². The van der Waals surface area contributed by atoms with Crippen LogP contribution in [0.1, 0.15) is 6.42 Å². The summed E-state index contributed by atoms with van der Waals surface area (Å²) in [5.74, 6) is 0. The van der Waals surface area contributed by atoms with Crippen LogP contribution in [0.3, 0.4) is 0 Å². The molecule has 0 amide bonds. The molecule has 0 aromatic carbocycles. The van der Waals surface area contributed by atoms with E-state index in [9.17, 15) is 35.7 Å². The first-order chi connectivity index (χ1) is 17.4. The van der Waals surface area contributed by atoms with Crippen LogP contribution in [0.15, 0.2) is 0 Å². The minimum atomic E-state index is -2.48. The van der Waals surface area contributed by atoms with E-state index in [1.807, 2.05) is 0 Å². The number of aliphatic hydroxyl groups is 7. The van der Waals surface area contributed by atoms with Crippen molar-refractivity contribution >= 4 is 25.2 Å². The molecule has 0 aromatic heterocycles. The molecule has 2 aliphatic rings. The third kappa shape index (κ3) is 9.61. The molecule has 2 heterocycles. The molecule has 7 N–H and O–H groups in total. The zero-order valence-electron chi connectivity index (χ0n) is 23.4. The van der Waals surface area contributed by atoms with Crippen LogP contribution in [0, 0.1) is 0 Å². The Morgan fingerprint density at radius 3 is 1.63 bits per heavy atom. The highest BCUT2D eigenvalue weighted by Gasteiger charge is 2.50. The topological polar surface area (TPSA) is 197 Å². The van der Waals surface area contributed by atoms with Crippen LogP contribution in [0.4, 0.5) is 0 Å². The van der Waals surface area contributed by atoms with Gasteiger partial charge in [0.1, 0.15) is 48.8 Å². The van der Waals surface area contributed by atoms with Crippen molar-refractivity contribution in [2.24, 2.45) is 0 Å². The van der Waals surface area contributed by atoms with Gasteiger partial charge in [0.15, 0.2) is 29.2 Å². The van der Waals surface area contributed by atoms with Gasteiger partial charge in [-0.15, -0.1) is 0 Å². The van der Waals surface area contributed by atoms with Gasteiger partial charge in [-0.25, -0.2) is 0 Å². The van der Waals surface area contributed by atoms with E-state index in [-0.39, 0.29) is 6.61 Å². The monoisotopic (exact) mass is 604 g/mol. The normalized spacial score (nSPS) is 37.4. The molecule has 0 bridgehead atoms. The summed E-state index contributed by atoms with van der Waals surface area (Å²) in [4.78, 5) is 0. The van der Waals surface area contributed by atoms with Crippen molar-refractivity contribution < 1.29 is 62.9 Å². The van der Waals surface area contributed by atoms with Crippen LogP contribution in [0.5, 0.6) is 0 Å². The SMILES string of the molecule is C[Si](C)(C)O[Si](C)(CCCO[C@@H]1O[C@H](CO)[C@@H](O[C@H]2O[C@H](CO)[C@@H](O)[C@H](O)[C@H]2O)[C@H](O)[C@H]1O)O[Si](C)(C)C. The van der Waals surface area contributed by atoms with Crippen molar-refractivity contribution in [3.05, 3.63) is 0 Å². The molecular formula is C22H48O13Si3. The van der Waals surface area contributed by atoms with Crippen LogP contribution < -0.4 is 0 Å². The maximum atomic E-state index is 10.7.